The standard InChI is InChI=1S/C16H22F3N3O2/c1-12(23)22(11-10-21(2)3)9-8-20-15(24)13-4-6-14(7-5-13)16(17,18)19/h4-7H,8-11H2,1-3H3,(H,20,24). The third-order valence-electron chi connectivity index (χ3n) is 3.40. The van der Waals surface area contributed by atoms with Crippen LogP contribution < -0.4 is 5.32 Å². The predicted octanol–water partition coefficient (Wildman–Crippen LogP) is 1.85. The molecular weight excluding hydrogens is 323 g/mol. The van der Waals surface area contributed by atoms with E-state index in [1.807, 2.05) is 19.0 Å². The number of amides is 2. The summed E-state index contributed by atoms with van der Waals surface area (Å²) in [7, 11) is 3.79. The molecule has 2 amide bonds. The number of carbonyl (C=O) groups is 2. The smallest absolute Gasteiger partial charge is 0.350 e. The lowest BCUT2D eigenvalue weighted by atomic mass is 10.1. The number of alkyl halides is 3. The van der Waals surface area contributed by atoms with E-state index in [0.29, 0.717) is 19.6 Å². The molecule has 0 heterocycles. The molecule has 0 aliphatic carbocycles. The second kappa shape index (κ2) is 8.68. The largest absolute Gasteiger partial charge is 0.416 e. The number of benzene rings is 1. The van der Waals surface area contributed by atoms with Crippen LogP contribution in [-0.4, -0.2) is 61.9 Å². The molecule has 8 heteroatoms. The van der Waals surface area contributed by atoms with Crippen molar-refractivity contribution in [1.29, 1.82) is 0 Å². The summed E-state index contributed by atoms with van der Waals surface area (Å²) in [5.41, 5.74) is -0.656. The van der Waals surface area contributed by atoms with Gasteiger partial charge in [-0.05, 0) is 38.4 Å². The first-order valence-electron chi connectivity index (χ1n) is 7.47. The molecule has 0 bridgehead atoms. The van der Waals surface area contributed by atoms with Crippen LogP contribution in [0.15, 0.2) is 24.3 Å². The van der Waals surface area contributed by atoms with Crippen LogP contribution in [-0.2, 0) is 11.0 Å². The molecule has 0 atom stereocenters. The molecule has 0 spiro atoms. The van der Waals surface area contributed by atoms with Gasteiger partial charge < -0.3 is 15.1 Å². The third kappa shape index (κ3) is 6.57. The van der Waals surface area contributed by atoms with Gasteiger partial charge >= 0.3 is 6.18 Å². The van der Waals surface area contributed by atoms with Crippen LogP contribution in [0, 0.1) is 0 Å². The van der Waals surface area contributed by atoms with E-state index in [2.05, 4.69) is 5.32 Å². The van der Waals surface area contributed by atoms with Crippen LogP contribution >= 0.6 is 0 Å². The summed E-state index contributed by atoms with van der Waals surface area (Å²) in [6, 6.07) is 4.00. The zero-order valence-corrected chi connectivity index (χ0v) is 14.0. The second-order valence-electron chi connectivity index (χ2n) is 5.64. The van der Waals surface area contributed by atoms with E-state index >= 15 is 0 Å². The monoisotopic (exact) mass is 345 g/mol. The summed E-state index contributed by atoms with van der Waals surface area (Å²) in [5, 5.41) is 2.60. The molecule has 5 nitrogen and oxygen atoms in total. The SMILES string of the molecule is CC(=O)N(CCNC(=O)c1ccc(C(F)(F)F)cc1)CCN(C)C. The number of halogens is 3. The zero-order chi connectivity index (χ0) is 18.3. The normalized spacial score (nSPS) is 11.5. The summed E-state index contributed by atoms with van der Waals surface area (Å²) in [4.78, 5) is 27.0. The fourth-order valence-corrected chi connectivity index (χ4v) is 1.96. The molecule has 1 aromatic carbocycles. The first-order chi connectivity index (χ1) is 11.1. The topological polar surface area (TPSA) is 52.7 Å². The Hall–Kier alpha value is -2.09. The number of nitrogens with one attached hydrogen (secondary N) is 1. The third-order valence-corrected chi connectivity index (χ3v) is 3.40. The molecule has 24 heavy (non-hydrogen) atoms. The molecule has 0 aliphatic heterocycles. The highest BCUT2D eigenvalue weighted by Crippen LogP contribution is 2.28. The Morgan fingerprint density at radius 3 is 2.08 bits per heavy atom. The molecule has 1 aromatic rings. The highest BCUT2D eigenvalue weighted by Gasteiger charge is 2.30. The van der Waals surface area contributed by atoms with Crippen LogP contribution in [0.4, 0.5) is 13.2 Å². The van der Waals surface area contributed by atoms with Gasteiger partial charge in [0, 0.05) is 38.7 Å². The summed E-state index contributed by atoms with van der Waals surface area (Å²) < 4.78 is 37.4. The second-order valence-corrected chi connectivity index (χ2v) is 5.64. The Kier molecular flexibility index (Phi) is 7.21. The van der Waals surface area contributed by atoms with Gasteiger partial charge in [-0.25, -0.2) is 0 Å². The Morgan fingerprint density at radius 1 is 1.04 bits per heavy atom. The first-order valence-corrected chi connectivity index (χ1v) is 7.47. The van der Waals surface area contributed by atoms with Gasteiger partial charge in [-0.15, -0.1) is 0 Å². The van der Waals surface area contributed by atoms with Gasteiger partial charge in [-0.2, -0.15) is 13.2 Å². The van der Waals surface area contributed by atoms with Gasteiger partial charge in [0.15, 0.2) is 0 Å². The minimum absolute atomic E-state index is 0.0966. The van der Waals surface area contributed by atoms with Crippen molar-refractivity contribution in [3.05, 3.63) is 35.4 Å². The van der Waals surface area contributed by atoms with Crippen molar-refractivity contribution in [1.82, 2.24) is 15.1 Å². The van der Waals surface area contributed by atoms with Crippen LogP contribution in [0.5, 0.6) is 0 Å². The summed E-state index contributed by atoms with van der Waals surface area (Å²) in [6.07, 6.45) is -4.43. The number of hydrogen-bond acceptors (Lipinski definition) is 3. The molecule has 0 radical (unpaired) electrons. The number of rotatable bonds is 7. The fourth-order valence-electron chi connectivity index (χ4n) is 1.96. The lowest BCUT2D eigenvalue weighted by molar-refractivity contribution is -0.137. The maximum absolute atomic E-state index is 12.5. The van der Waals surface area contributed by atoms with Gasteiger partial charge in [0.05, 0.1) is 5.56 Å². The van der Waals surface area contributed by atoms with E-state index in [4.69, 9.17) is 0 Å². The molecule has 0 aliphatic rings. The maximum atomic E-state index is 12.5. The Balaban J connectivity index is 2.51. The van der Waals surface area contributed by atoms with E-state index < -0.39 is 17.6 Å². The lowest BCUT2D eigenvalue weighted by Crippen LogP contribution is -2.40. The van der Waals surface area contributed by atoms with Crippen LogP contribution in [0.25, 0.3) is 0 Å². The zero-order valence-electron chi connectivity index (χ0n) is 14.0. The molecule has 1 N–H and O–H groups in total. The molecule has 0 saturated heterocycles. The van der Waals surface area contributed by atoms with Crippen molar-refractivity contribution in [3.8, 4) is 0 Å². The number of likely N-dealkylation sites (N-methyl/N-ethyl adjacent to an activating group) is 1. The highest BCUT2D eigenvalue weighted by molar-refractivity contribution is 5.94. The molecule has 0 unspecified atom stereocenters. The van der Waals surface area contributed by atoms with Crippen molar-refractivity contribution in [2.24, 2.45) is 0 Å². The van der Waals surface area contributed by atoms with Crippen LogP contribution in [0.3, 0.4) is 0 Å². The van der Waals surface area contributed by atoms with E-state index in [-0.39, 0.29) is 18.0 Å². The quantitative estimate of drug-likeness (QED) is 0.821. The number of carbonyl (C=O) groups excluding carboxylic acids is 2. The molecule has 0 aromatic heterocycles. The maximum Gasteiger partial charge on any atom is 0.416 e. The fraction of sp³-hybridized carbons (Fsp3) is 0.500. The highest BCUT2D eigenvalue weighted by atomic mass is 19.4. The molecule has 1 rings (SSSR count). The van der Waals surface area contributed by atoms with Gasteiger partial charge in [-0.3, -0.25) is 9.59 Å². The number of nitrogens with zero attached hydrogens (tertiary/aromatic N) is 2. The molecule has 0 fully saturated rings. The van der Waals surface area contributed by atoms with E-state index in [0.717, 1.165) is 24.3 Å². The van der Waals surface area contributed by atoms with Gasteiger partial charge in [0.2, 0.25) is 5.91 Å². The van der Waals surface area contributed by atoms with Crippen LogP contribution in [0.1, 0.15) is 22.8 Å². The Bertz CT molecular complexity index is 557. The molecular formula is C16H22F3N3O2. The van der Waals surface area contributed by atoms with Crippen molar-refractivity contribution in [3.63, 3.8) is 0 Å². The van der Waals surface area contributed by atoms with Crippen molar-refractivity contribution >= 4 is 11.8 Å². The van der Waals surface area contributed by atoms with E-state index in [1.165, 1.54) is 6.92 Å². The van der Waals surface area contributed by atoms with Crippen molar-refractivity contribution in [2.75, 3.05) is 40.3 Å². The minimum atomic E-state index is -4.43. The van der Waals surface area contributed by atoms with Crippen molar-refractivity contribution in [2.45, 2.75) is 13.1 Å². The Labute approximate surface area is 139 Å². The summed E-state index contributed by atoms with van der Waals surface area (Å²) in [5.74, 6) is -0.569. The average Bonchev–Trinajstić information content (AvgIpc) is 2.49. The first kappa shape index (κ1) is 20.0. The predicted molar refractivity (Wildman–Crippen MR) is 84.6 cm³/mol. The van der Waals surface area contributed by atoms with E-state index in [1.54, 1.807) is 4.90 Å². The van der Waals surface area contributed by atoms with Crippen LogP contribution in [0.2, 0.25) is 0 Å². The van der Waals surface area contributed by atoms with Gasteiger partial charge in [0.1, 0.15) is 0 Å². The lowest BCUT2D eigenvalue weighted by Gasteiger charge is -2.23. The minimum Gasteiger partial charge on any atom is -0.350 e. The van der Waals surface area contributed by atoms with Gasteiger partial charge in [-0.1, -0.05) is 0 Å². The summed E-state index contributed by atoms with van der Waals surface area (Å²) in [6.45, 7) is 3.26. The van der Waals surface area contributed by atoms with E-state index in [9.17, 15) is 22.8 Å². The number of hydrogen-bond donors (Lipinski definition) is 1. The molecule has 134 valence electrons. The molecule has 0 saturated carbocycles. The van der Waals surface area contributed by atoms with Crippen molar-refractivity contribution < 1.29 is 22.8 Å². The Morgan fingerprint density at radius 2 is 1.62 bits per heavy atom. The van der Waals surface area contributed by atoms with Gasteiger partial charge in [0.25, 0.3) is 5.91 Å². The summed E-state index contributed by atoms with van der Waals surface area (Å²) >= 11 is 0. The average molecular weight is 345 g/mol.